The van der Waals surface area contributed by atoms with Gasteiger partial charge in [0, 0.05) is 18.0 Å². The van der Waals surface area contributed by atoms with Gasteiger partial charge in [0.1, 0.15) is 18.1 Å². The fraction of sp³-hybridized carbons (Fsp3) is 0.293. The first kappa shape index (κ1) is 37.7. The minimum atomic E-state index is -4.82. The number of aromatic nitrogens is 1. The van der Waals surface area contributed by atoms with Gasteiger partial charge in [-0.05, 0) is 72.4 Å². The minimum Gasteiger partial charge on any atom is -0.491 e. The molecule has 0 bridgehead atoms. The fourth-order valence-electron chi connectivity index (χ4n) is 9.23. The number of halogens is 5. The molecule has 6 unspecified atom stereocenters. The first-order valence-corrected chi connectivity index (χ1v) is 18.6. The van der Waals surface area contributed by atoms with Gasteiger partial charge in [0.05, 0.1) is 40.5 Å². The summed E-state index contributed by atoms with van der Waals surface area (Å²) in [4.78, 5) is 63.9. The smallest absolute Gasteiger partial charge is 0.433 e. The molecule has 1 saturated carbocycles. The Morgan fingerprint density at radius 3 is 2.32 bits per heavy atom. The number of imide groups is 2. The van der Waals surface area contributed by atoms with Crippen LogP contribution in [0, 0.1) is 23.7 Å². The monoisotopic (exact) mass is 804 g/mol. The van der Waals surface area contributed by atoms with Crippen molar-refractivity contribution < 1.29 is 42.2 Å². The van der Waals surface area contributed by atoms with E-state index in [2.05, 4.69) is 4.98 Å². The number of benzene rings is 3. The lowest BCUT2D eigenvalue weighted by molar-refractivity contribution is -0.141. The van der Waals surface area contributed by atoms with Crippen LogP contribution in [0.5, 0.6) is 5.75 Å². The molecule has 2 aliphatic carbocycles. The SMILES string of the molecule is CN(c1nc(C(F)(F)F)ccc1Cl)N1C(=O)C2CC=C3C(CC4C(=O)N(c5cccc(Cl)c5)C(=O)C4(c4ccccc4)C3c3ccc(OCCO)cc3)C2C1=O. The van der Waals surface area contributed by atoms with E-state index in [1.807, 2.05) is 24.3 Å². The molecule has 4 amide bonds. The van der Waals surface area contributed by atoms with Crippen LogP contribution < -0.4 is 14.6 Å². The number of aliphatic hydroxyl groups is 1. The topological polar surface area (TPSA) is 120 Å². The highest BCUT2D eigenvalue weighted by atomic mass is 35.5. The van der Waals surface area contributed by atoms with E-state index in [1.54, 1.807) is 54.6 Å². The molecule has 15 heteroatoms. The summed E-state index contributed by atoms with van der Waals surface area (Å²) in [5.41, 5.74) is -0.571. The Bertz CT molecular complexity index is 2290. The Morgan fingerprint density at radius 2 is 1.64 bits per heavy atom. The van der Waals surface area contributed by atoms with Gasteiger partial charge in [-0.25, -0.2) is 9.88 Å². The van der Waals surface area contributed by atoms with Gasteiger partial charge in [-0.1, -0.05) is 83.4 Å². The van der Waals surface area contributed by atoms with Crippen LogP contribution in [0.2, 0.25) is 10.0 Å². The predicted octanol–water partition coefficient (Wildman–Crippen LogP) is 6.99. The van der Waals surface area contributed by atoms with Gasteiger partial charge >= 0.3 is 6.18 Å². The number of carbonyl (C=O) groups is 4. The third-order valence-corrected chi connectivity index (χ3v) is 12.0. The van der Waals surface area contributed by atoms with E-state index < -0.39 is 76.3 Å². The van der Waals surface area contributed by atoms with Crippen molar-refractivity contribution in [3.8, 4) is 5.75 Å². The summed E-state index contributed by atoms with van der Waals surface area (Å²) in [6.45, 7) is -0.149. The molecule has 4 aliphatic rings. The van der Waals surface area contributed by atoms with Gasteiger partial charge in [0.15, 0.2) is 5.82 Å². The number of pyridine rings is 1. The maximum Gasteiger partial charge on any atom is 0.433 e. The van der Waals surface area contributed by atoms with Crippen molar-refractivity contribution in [3.05, 3.63) is 130 Å². The van der Waals surface area contributed by atoms with Gasteiger partial charge in [-0.15, -0.1) is 0 Å². The average Bonchev–Trinajstić information content (AvgIpc) is 3.57. The second-order valence-corrected chi connectivity index (χ2v) is 15.1. The number of ether oxygens (including phenoxy) is 1. The number of aliphatic hydroxyl groups excluding tert-OH is 1. The van der Waals surface area contributed by atoms with Crippen LogP contribution >= 0.6 is 23.2 Å². The minimum absolute atomic E-state index is 0.0108. The molecule has 6 atom stereocenters. The second kappa shape index (κ2) is 14.1. The summed E-state index contributed by atoms with van der Waals surface area (Å²) < 4.78 is 46.7. The zero-order valence-electron chi connectivity index (χ0n) is 29.6. The maximum absolute atomic E-state index is 15.4. The molecule has 2 saturated heterocycles. The van der Waals surface area contributed by atoms with E-state index >= 15 is 4.79 Å². The molecule has 3 fully saturated rings. The largest absolute Gasteiger partial charge is 0.491 e. The van der Waals surface area contributed by atoms with Crippen LogP contribution in [0.3, 0.4) is 0 Å². The van der Waals surface area contributed by atoms with Crippen LogP contribution in [0.15, 0.2) is 103 Å². The molecule has 0 radical (unpaired) electrons. The lowest BCUT2D eigenvalue weighted by Gasteiger charge is -2.50. The van der Waals surface area contributed by atoms with Crippen molar-refractivity contribution in [2.75, 3.05) is 30.2 Å². The van der Waals surface area contributed by atoms with E-state index in [-0.39, 0.29) is 36.8 Å². The number of allylic oxidation sites excluding steroid dienone is 2. The highest BCUT2D eigenvalue weighted by molar-refractivity contribution is 6.33. The van der Waals surface area contributed by atoms with E-state index in [4.69, 9.17) is 27.9 Å². The molecule has 3 aromatic carbocycles. The van der Waals surface area contributed by atoms with Crippen molar-refractivity contribution in [2.45, 2.75) is 30.4 Å². The molecule has 4 aromatic rings. The van der Waals surface area contributed by atoms with Crippen molar-refractivity contribution >= 4 is 58.3 Å². The molecule has 8 rings (SSSR count). The van der Waals surface area contributed by atoms with E-state index in [9.17, 15) is 32.7 Å². The maximum atomic E-state index is 15.4. The number of carbonyl (C=O) groups excluding carboxylic acids is 4. The summed E-state index contributed by atoms with van der Waals surface area (Å²) in [7, 11) is 1.25. The molecule has 10 nitrogen and oxygen atoms in total. The molecule has 56 heavy (non-hydrogen) atoms. The number of hydrogen-bond acceptors (Lipinski definition) is 8. The van der Waals surface area contributed by atoms with E-state index in [1.165, 1.54) is 13.1 Å². The first-order valence-electron chi connectivity index (χ1n) is 17.9. The summed E-state index contributed by atoms with van der Waals surface area (Å²) in [5, 5.41) is 11.2. The normalized spacial score (nSPS) is 25.8. The molecule has 1 N–H and O–H groups in total. The van der Waals surface area contributed by atoms with Crippen molar-refractivity contribution in [1.29, 1.82) is 0 Å². The van der Waals surface area contributed by atoms with Crippen LogP contribution in [-0.4, -0.2) is 59.0 Å². The number of anilines is 2. The lowest BCUT2D eigenvalue weighted by atomic mass is 9.49. The molecule has 1 aromatic heterocycles. The fourth-order valence-corrected chi connectivity index (χ4v) is 9.64. The Balaban J connectivity index is 1.28. The number of fused-ring (bicyclic) bond motifs is 4. The van der Waals surface area contributed by atoms with Crippen LogP contribution in [0.25, 0.3) is 0 Å². The summed E-state index contributed by atoms with van der Waals surface area (Å²) in [6.07, 6.45) is -2.85. The van der Waals surface area contributed by atoms with Crippen LogP contribution in [0.1, 0.15) is 35.6 Å². The Morgan fingerprint density at radius 1 is 0.911 bits per heavy atom. The second-order valence-electron chi connectivity index (χ2n) is 14.2. The third kappa shape index (κ3) is 5.78. The first-order chi connectivity index (χ1) is 26.8. The van der Waals surface area contributed by atoms with Crippen molar-refractivity contribution in [2.24, 2.45) is 23.7 Å². The lowest BCUT2D eigenvalue weighted by Crippen LogP contribution is -2.53. The van der Waals surface area contributed by atoms with Crippen LogP contribution in [0.4, 0.5) is 24.7 Å². The summed E-state index contributed by atoms with van der Waals surface area (Å²) in [6, 6.07) is 24.2. The standard InChI is InChI=1S/C41H33Cl2F3N4O6/c1-48(35-31(43)16-17-32(47-35)41(44,45)46)50-36(52)28-15-14-27-29(33(28)38(50)54)21-30-37(53)49(25-9-5-8-24(42)20-25)39(55)40(30,23-6-3-2-4-7-23)34(27)22-10-12-26(13-11-22)56-19-18-51/h2-14,16-17,20,28-30,33-34,51H,15,18-19,21H2,1H3. The van der Waals surface area contributed by atoms with Crippen molar-refractivity contribution in [3.63, 3.8) is 0 Å². The number of nitrogens with zero attached hydrogens (tertiary/aromatic N) is 4. The zero-order valence-corrected chi connectivity index (χ0v) is 31.1. The Labute approximate surface area is 329 Å². The van der Waals surface area contributed by atoms with Gasteiger partial charge < -0.3 is 9.84 Å². The van der Waals surface area contributed by atoms with Crippen molar-refractivity contribution in [1.82, 2.24) is 9.99 Å². The summed E-state index contributed by atoms with van der Waals surface area (Å²) in [5.74, 6) is -6.81. The Kier molecular flexibility index (Phi) is 9.45. The quantitative estimate of drug-likeness (QED) is 0.150. The Hall–Kier alpha value is -5.24. The number of alkyl halides is 3. The molecule has 288 valence electrons. The highest BCUT2D eigenvalue weighted by Crippen LogP contribution is 2.64. The predicted molar refractivity (Wildman–Crippen MR) is 200 cm³/mol. The van der Waals surface area contributed by atoms with Gasteiger partial charge in [0.25, 0.3) is 11.8 Å². The zero-order chi connectivity index (χ0) is 39.7. The van der Waals surface area contributed by atoms with E-state index in [0.29, 0.717) is 33.5 Å². The van der Waals surface area contributed by atoms with Gasteiger partial charge in [-0.3, -0.25) is 24.2 Å². The number of hydrogen-bond donors (Lipinski definition) is 1. The van der Waals surface area contributed by atoms with Gasteiger partial charge in [-0.2, -0.15) is 18.2 Å². The van der Waals surface area contributed by atoms with Crippen LogP contribution in [-0.2, 0) is 30.8 Å². The third-order valence-electron chi connectivity index (χ3n) is 11.4. The number of amides is 4. The molecular formula is C41H33Cl2F3N4O6. The number of hydrazine groups is 1. The summed E-state index contributed by atoms with van der Waals surface area (Å²) >= 11 is 12.7. The molecule has 0 spiro atoms. The molecule has 3 heterocycles. The highest BCUT2D eigenvalue weighted by Gasteiger charge is 2.70. The number of rotatable bonds is 8. The average molecular weight is 806 g/mol. The molecular weight excluding hydrogens is 772 g/mol. The molecule has 2 aliphatic heterocycles. The van der Waals surface area contributed by atoms with E-state index in [0.717, 1.165) is 21.0 Å². The van der Waals surface area contributed by atoms with Gasteiger partial charge in [0.2, 0.25) is 11.8 Å².